The van der Waals surface area contributed by atoms with E-state index in [4.69, 9.17) is 4.74 Å². The molecule has 0 aromatic heterocycles. The van der Waals surface area contributed by atoms with E-state index in [0.29, 0.717) is 5.56 Å². The Morgan fingerprint density at radius 1 is 1.05 bits per heavy atom. The second-order valence-corrected chi connectivity index (χ2v) is 5.14. The van der Waals surface area contributed by atoms with E-state index in [-0.39, 0.29) is 0 Å². The van der Waals surface area contributed by atoms with Crippen molar-refractivity contribution in [3.05, 3.63) is 29.8 Å². The van der Waals surface area contributed by atoms with Crippen LogP contribution in [0.2, 0.25) is 0 Å². The van der Waals surface area contributed by atoms with Gasteiger partial charge >= 0.3 is 0 Å². The zero-order valence-corrected chi connectivity index (χ0v) is 11.5. The van der Waals surface area contributed by atoms with Gasteiger partial charge < -0.3 is 9.64 Å². The van der Waals surface area contributed by atoms with Crippen LogP contribution in [0, 0.1) is 0 Å². The molecule has 0 N–H and O–H groups in total. The van der Waals surface area contributed by atoms with Gasteiger partial charge in [0.05, 0.1) is 6.61 Å². The zero-order valence-electron chi connectivity index (χ0n) is 11.5. The fourth-order valence-corrected chi connectivity index (χ4v) is 2.48. The van der Waals surface area contributed by atoms with Gasteiger partial charge in [0.1, 0.15) is 12.0 Å². The normalized spacial score (nSPS) is 16.8. The number of rotatable bonds is 6. The first-order valence-corrected chi connectivity index (χ1v) is 7.29. The molecular formula is C16H23NO2. The molecule has 1 aliphatic rings. The molecule has 0 atom stereocenters. The topological polar surface area (TPSA) is 29.5 Å². The maximum Gasteiger partial charge on any atom is 0.150 e. The van der Waals surface area contributed by atoms with Crippen LogP contribution in [0.3, 0.4) is 0 Å². The third-order valence-electron chi connectivity index (χ3n) is 3.60. The molecule has 0 bridgehead atoms. The highest BCUT2D eigenvalue weighted by molar-refractivity contribution is 5.74. The summed E-state index contributed by atoms with van der Waals surface area (Å²) in [5.74, 6) is 0.849. The highest BCUT2D eigenvalue weighted by Crippen LogP contribution is 2.12. The third kappa shape index (κ3) is 5.03. The van der Waals surface area contributed by atoms with Crippen molar-refractivity contribution < 1.29 is 9.53 Å². The number of hydrogen-bond donors (Lipinski definition) is 0. The van der Waals surface area contributed by atoms with E-state index >= 15 is 0 Å². The summed E-state index contributed by atoms with van der Waals surface area (Å²) in [7, 11) is 0. The van der Waals surface area contributed by atoms with Crippen LogP contribution in [-0.2, 0) is 0 Å². The number of carbonyl (C=O) groups excluding carboxylic acids is 1. The zero-order chi connectivity index (χ0) is 13.3. The number of nitrogens with zero attached hydrogens (tertiary/aromatic N) is 1. The summed E-state index contributed by atoms with van der Waals surface area (Å²) in [4.78, 5) is 13.1. The standard InChI is InChI=1S/C16H23NO2/c18-14-15-6-8-16(9-7-15)19-13-5-12-17-10-3-1-2-4-11-17/h6-9,14H,1-5,10-13H2. The maximum absolute atomic E-state index is 10.5. The van der Waals surface area contributed by atoms with E-state index in [0.717, 1.165) is 31.6 Å². The smallest absolute Gasteiger partial charge is 0.150 e. The maximum atomic E-state index is 10.5. The summed E-state index contributed by atoms with van der Waals surface area (Å²) in [6, 6.07) is 7.29. The van der Waals surface area contributed by atoms with Gasteiger partial charge in [-0.2, -0.15) is 0 Å². The lowest BCUT2D eigenvalue weighted by atomic mass is 10.2. The Bertz CT molecular complexity index is 367. The number of likely N-dealkylation sites (tertiary alicyclic amines) is 1. The monoisotopic (exact) mass is 261 g/mol. The molecule has 104 valence electrons. The average molecular weight is 261 g/mol. The molecule has 2 rings (SSSR count). The van der Waals surface area contributed by atoms with Gasteiger partial charge in [-0.1, -0.05) is 12.8 Å². The van der Waals surface area contributed by atoms with E-state index in [9.17, 15) is 4.79 Å². The minimum Gasteiger partial charge on any atom is -0.494 e. The highest BCUT2D eigenvalue weighted by Gasteiger charge is 2.08. The van der Waals surface area contributed by atoms with Crippen molar-refractivity contribution in [2.75, 3.05) is 26.2 Å². The molecule has 0 unspecified atom stereocenters. The lowest BCUT2D eigenvalue weighted by Crippen LogP contribution is -2.26. The Balaban J connectivity index is 1.63. The van der Waals surface area contributed by atoms with E-state index in [2.05, 4.69) is 4.90 Å². The predicted octanol–water partition coefficient (Wildman–Crippen LogP) is 3.14. The lowest BCUT2D eigenvalue weighted by molar-refractivity contribution is 0.112. The summed E-state index contributed by atoms with van der Waals surface area (Å²) >= 11 is 0. The Kier molecular flexibility index (Phi) is 5.89. The van der Waals surface area contributed by atoms with Crippen molar-refractivity contribution in [3.8, 4) is 5.75 Å². The molecular weight excluding hydrogens is 238 g/mol. The summed E-state index contributed by atoms with van der Waals surface area (Å²) in [5.41, 5.74) is 0.692. The van der Waals surface area contributed by atoms with Crippen molar-refractivity contribution in [3.63, 3.8) is 0 Å². The fourth-order valence-electron chi connectivity index (χ4n) is 2.48. The molecule has 0 saturated carbocycles. The minimum atomic E-state index is 0.692. The number of ether oxygens (including phenoxy) is 1. The molecule has 1 aromatic carbocycles. The van der Waals surface area contributed by atoms with Gasteiger partial charge in [-0.3, -0.25) is 4.79 Å². The van der Waals surface area contributed by atoms with Crippen LogP contribution in [0.5, 0.6) is 5.75 Å². The molecule has 3 heteroatoms. The van der Waals surface area contributed by atoms with Crippen LogP contribution in [0.15, 0.2) is 24.3 Å². The quantitative estimate of drug-likeness (QED) is 0.582. The summed E-state index contributed by atoms with van der Waals surface area (Å²) < 4.78 is 5.69. The molecule has 1 heterocycles. The molecule has 0 radical (unpaired) electrons. The largest absolute Gasteiger partial charge is 0.494 e. The van der Waals surface area contributed by atoms with Crippen molar-refractivity contribution >= 4 is 6.29 Å². The van der Waals surface area contributed by atoms with E-state index < -0.39 is 0 Å². The van der Waals surface area contributed by atoms with Gasteiger partial charge in [0.25, 0.3) is 0 Å². The predicted molar refractivity (Wildman–Crippen MR) is 76.8 cm³/mol. The first-order valence-electron chi connectivity index (χ1n) is 7.29. The van der Waals surface area contributed by atoms with E-state index in [1.54, 1.807) is 12.1 Å². The molecule has 1 fully saturated rings. The molecule has 0 spiro atoms. The van der Waals surface area contributed by atoms with E-state index in [1.807, 2.05) is 12.1 Å². The first-order chi connectivity index (χ1) is 9.38. The highest BCUT2D eigenvalue weighted by atomic mass is 16.5. The lowest BCUT2D eigenvalue weighted by Gasteiger charge is -2.19. The van der Waals surface area contributed by atoms with Crippen molar-refractivity contribution in [2.45, 2.75) is 32.1 Å². The minimum absolute atomic E-state index is 0.692. The molecule has 1 aliphatic heterocycles. The van der Waals surface area contributed by atoms with Gasteiger partial charge in [0.15, 0.2) is 0 Å². The second-order valence-electron chi connectivity index (χ2n) is 5.14. The molecule has 0 amide bonds. The van der Waals surface area contributed by atoms with E-state index in [1.165, 1.54) is 38.8 Å². The average Bonchev–Trinajstić information content (AvgIpc) is 2.73. The van der Waals surface area contributed by atoms with Gasteiger partial charge in [-0.25, -0.2) is 0 Å². The summed E-state index contributed by atoms with van der Waals surface area (Å²) in [6.45, 7) is 4.37. The van der Waals surface area contributed by atoms with Crippen molar-refractivity contribution in [2.24, 2.45) is 0 Å². The molecule has 3 nitrogen and oxygen atoms in total. The number of carbonyl (C=O) groups is 1. The third-order valence-corrected chi connectivity index (χ3v) is 3.60. The van der Waals surface area contributed by atoms with Crippen LogP contribution in [-0.4, -0.2) is 37.4 Å². The molecule has 0 aliphatic carbocycles. The van der Waals surface area contributed by atoms with Crippen LogP contribution in [0.25, 0.3) is 0 Å². The first kappa shape index (κ1) is 14.1. The van der Waals surface area contributed by atoms with Gasteiger partial charge in [0.2, 0.25) is 0 Å². The Morgan fingerprint density at radius 3 is 2.37 bits per heavy atom. The van der Waals surface area contributed by atoms with Crippen molar-refractivity contribution in [1.82, 2.24) is 4.90 Å². The Labute approximate surface area is 115 Å². The molecule has 1 aromatic rings. The van der Waals surface area contributed by atoms with Crippen LogP contribution in [0.4, 0.5) is 0 Å². The number of benzene rings is 1. The number of aldehydes is 1. The Morgan fingerprint density at radius 2 is 1.74 bits per heavy atom. The van der Waals surface area contributed by atoms with Crippen LogP contribution in [0.1, 0.15) is 42.5 Å². The summed E-state index contributed by atoms with van der Waals surface area (Å²) in [5, 5.41) is 0. The van der Waals surface area contributed by atoms with Gasteiger partial charge in [0, 0.05) is 12.1 Å². The molecule has 1 saturated heterocycles. The van der Waals surface area contributed by atoms with Crippen LogP contribution < -0.4 is 4.74 Å². The number of hydrogen-bond acceptors (Lipinski definition) is 3. The molecule has 19 heavy (non-hydrogen) atoms. The summed E-state index contributed by atoms with van der Waals surface area (Å²) in [6.07, 6.45) is 7.37. The van der Waals surface area contributed by atoms with Gasteiger partial charge in [-0.05, 0) is 56.6 Å². The second kappa shape index (κ2) is 7.95. The van der Waals surface area contributed by atoms with Crippen LogP contribution >= 0.6 is 0 Å². The SMILES string of the molecule is O=Cc1ccc(OCCCN2CCCCCC2)cc1. The Hall–Kier alpha value is -1.35. The van der Waals surface area contributed by atoms with Gasteiger partial charge in [-0.15, -0.1) is 0 Å². The van der Waals surface area contributed by atoms with Crippen molar-refractivity contribution in [1.29, 1.82) is 0 Å². The fraction of sp³-hybridized carbons (Fsp3) is 0.562.